The molecule has 0 spiro atoms. The second-order valence-corrected chi connectivity index (χ2v) is 7.08. The SMILES string of the molecule is COC(=O)c1ccc(C(=O)NC2CCN(Cc3cccc(C)c3)CC2)cc1. The van der Waals surface area contributed by atoms with E-state index in [9.17, 15) is 9.59 Å². The van der Waals surface area contributed by atoms with Gasteiger partial charge in [-0.3, -0.25) is 9.69 Å². The second-order valence-electron chi connectivity index (χ2n) is 7.08. The monoisotopic (exact) mass is 366 g/mol. The van der Waals surface area contributed by atoms with E-state index in [0.29, 0.717) is 11.1 Å². The summed E-state index contributed by atoms with van der Waals surface area (Å²) in [7, 11) is 1.34. The molecule has 27 heavy (non-hydrogen) atoms. The van der Waals surface area contributed by atoms with Crippen molar-refractivity contribution in [3.05, 3.63) is 70.8 Å². The summed E-state index contributed by atoms with van der Waals surface area (Å²) in [5, 5.41) is 3.11. The molecule has 1 heterocycles. The Morgan fingerprint density at radius 1 is 1.07 bits per heavy atom. The Balaban J connectivity index is 1.48. The van der Waals surface area contributed by atoms with Crippen LogP contribution in [-0.4, -0.2) is 43.0 Å². The highest BCUT2D eigenvalue weighted by atomic mass is 16.5. The molecule has 0 aliphatic carbocycles. The fourth-order valence-electron chi connectivity index (χ4n) is 3.45. The zero-order chi connectivity index (χ0) is 19.2. The van der Waals surface area contributed by atoms with Crippen LogP contribution in [0.15, 0.2) is 48.5 Å². The highest BCUT2D eigenvalue weighted by Crippen LogP contribution is 2.15. The number of piperidine rings is 1. The fourth-order valence-corrected chi connectivity index (χ4v) is 3.45. The second kappa shape index (κ2) is 8.82. The van der Waals surface area contributed by atoms with Crippen molar-refractivity contribution >= 4 is 11.9 Å². The van der Waals surface area contributed by atoms with Gasteiger partial charge < -0.3 is 10.1 Å². The quantitative estimate of drug-likeness (QED) is 0.826. The molecule has 1 N–H and O–H groups in total. The Kier molecular flexibility index (Phi) is 6.24. The van der Waals surface area contributed by atoms with Gasteiger partial charge >= 0.3 is 5.97 Å². The summed E-state index contributed by atoms with van der Waals surface area (Å²) in [6, 6.07) is 15.3. The summed E-state index contributed by atoms with van der Waals surface area (Å²) in [5.74, 6) is -0.494. The van der Waals surface area contributed by atoms with E-state index < -0.39 is 5.97 Å². The van der Waals surface area contributed by atoms with Crippen molar-refractivity contribution in [2.75, 3.05) is 20.2 Å². The zero-order valence-corrected chi connectivity index (χ0v) is 15.9. The highest BCUT2D eigenvalue weighted by molar-refractivity contribution is 5.96. The number of nitrogens with zero attached hydrogens (tertiary/aromatic N) is 1. The maximum absolute atomic E-state index is 12.4. The van der Waals surface area contributed by atoms with E-state index in [1.165, 1.54) is 18.2 Å². The van der Waals surface area contributed by atoms with Gasteiger partial charge in [0, 0.05) is 31.2 Å². The summed E-state index contributed by atoms with van der Waals surface area (Å²) < 4.78 is 4.67. The van der Waals surface area contributed by atoms with Crippen molar-refractivity contribution in [3.63, 3.8) is 0 Å². The molecule has 5 nitrogen and oxygen atoms in total. The molecule has 1 fully saturated rings. The van der Waals surface area contributed by atoms with E-state index in [1.54, 1.807) is 24.3 Å². The number of benzene rings is 2. The average molecular weight is 366 g/mol. The number of rotatable bonds is 5. The Bertz CT molecular complexity index is 793. The first-order valence-electron chi connectivity index (χ1n) is 9.32. The lowest BCUT2D eigenvalue weighted by Gasteiger charge is -2.32. The number of aryl methyl sites for hydroxylation is 1. The lowest BCUT2D eigenvalue weighted by molar-refractivity contribution is 0.0600. The predicted octanol–water partition coefficient (Wildman–Crippen LogP) is 3.18. The Hall–Kier alpha value is -2.66. The summed E-state index contributed by atoms with van der Waals surface area (Å²) in [6.45, 7) is 5.01. The predicted molar refractivity (Wildman–Crippen MR) is 105 cm³/mol. The lowest BCUT2D eigenvalue weighted by atomic mass is 10.0. The van der Waals surface area contributed by atoms with Gasteiger partial charge in [0.1, 0.15) is 0 Å². The minimum Gasteiger partial charge on any atom is -0.465 e. The van der Waals surface area contributed by atoms with E-state index in [1.807, 2.05) is 0 Å². The van der Waals surface area contributed by atoms with Crippen LogP contribution in [0, 0.1) is 6.92 Å². The Labute approximate surface area is 160 Å². The number of likely N-dealkylation sites (tertiary alicyclic amines) is 1. The first-order chi connectivity index (χ1) is 13.0. The molecule has 0 radical (unpaired) electrons. The van der Waals surface area contributed by atoms with E-state index >= 15 is 0 Å². The number of nitrogens with one attached hydrogen (secondary N) is 1. The topological polar surface area (TPSA) is 58.6 Å². The summed E-state index contributed by atoms with van der Waals surface area (Å²) in [5.41, 5.74) is 3.62. The standard InChI is InChI=1S/C22H26N2O3/c1-16-4-3-5-17(14-16)15-24-12-10-20(11-13-24)23-21(25)18-6-8-19(9-7-18)22(26)27-2/h3-9,14,20H,10-13,15H2,1-2H3,(H,23,25). The Morgan fingerprint density at radius 2 is 1.74 bits per heavy atom. The van der Waals surface area contributed by atoms with E-state index in [2.05, 4.69) is 46.1 Å². The van der Waals surface area contributed by atoms with Crippen LogP contribution in [0.2, 0.25) is 0 Å². The molecular formula is C22H26N2O3. The molecule has 2 aromatic carbocycles. The van der Waals surface area contributed by atoms with Gasteiger partial charge in [-0.05, 0) is 49.6 Å². The van der Waals surface area contributed by atoms with E-state index in [0.717, 1.165) is 32.5 Å². The third kappa shape index (κ3) is 5.17. The van der Waals surface area contributed by atoms with Gasteiger partial charge in [0.2, 0.25) is 0 Å². The van der Waals surface area contributed by atoms with Crippen LogP contribution in [-0.2, 0) is 11.3 Å². The van der Waals surface area contributed by atoms with Crippen molar-refractivity contribution in [1.82, 2.24) is 10.2 Å². The molecule has 1 saturated heterocycles. The molecule has 5 heteroatoms. The van der Waals surface area contributed by atoms with Gasteiger partial charge in [-0.25, -0.2) is 4.79 Å². The van der Waals surface area contributed by atoms with Crippen LogP contribution < -0.4 is 5.32 Å². The molecule has 1 aliphatic rings. The van der Waals surface area contributed by atoms with Gasteiger partial charge in [0.05, 0.1) is 12.7 Å². The molecule has 0 unspecified atom stereocenters. The highest BCUT2D eigenvalue weighted by Gasteiger charge is 2.21. The number of hydrogen-bond donors (Lipinski definition) is 1. The molecule has 3 rings (SSSR count). The minimum atomic E-state index is -0.400. The molecule has 2 aromatic rings. The lowest BCUT2D eigenvalue weighted by Crippen LogP contribution is -2.44. The third-order valence-electron chi connectivity index (χ3n) is 4.98. The molecule has 1 amide bonds. The summed E-state index contributed by atoms with van der Waals surface area (Å²) in [6.07, 6.45) is 1.88. The normalized spacial score (nSPS) is 15.3. The first kappa shape index (κ1) is 19.1. The molecule has 0 atom stereocenters. The van der Waals surface area contributed by atoms with Crippen molar-refractivity contribution in [1.29, 1.82) is 0 Å². The minimum absolute atomic E-state index is 0.0939. The van der Waals surface area contributed by atoms with Gasteiger partial charge in [0.15, 0.2) is 0 Å². The molecule has 0 bridgehead atoms. The van der Waals surface area contributed by atoms with Crippen LogP contribution in [0.25, 0.3) is 0 Å². The number of amides is 1. The number of methoxy groups -OCH3 is 1. The summed E-state index contributed by atoms with van der Waals surface area (Å²) in [4.78, 5) is 26.3. The molecule has 0 aromatic heterocycles. The number of ether oxygens (including phenoxy) is 1. The van der Waals surface area contributed by atoms with Crippen molar-refractivity contribution in [2.45, 2.75) is 32.4 Å². The smallest absolute Gasteiger partial charge is 0.337 e. The average Bonchev–Trinajstić information content (AvgIpc) is 2.69. The van der Waals surface area contributed by atoms with Gasteiger partial charge in [-0.1, -0.05) is 29.8 Å². The van der Waals surface area contributed by atoms with Crippen LogP contribution in [0.1, 0.15) is 44.7 Å². The maximum atomic E-state index is 12.4. The molecule has 1 aliphatic heterocycles. The molecule has 0 saturated carbocycles. The Morgan fingerprint density at radius 3 is 2.37 bits per heavy atom. The van der Waals surface area contributed by atoms with Crippen LogP contribution in [0.5, 0.6) is 0 Å². The van der Waals surface area contributed by atoms with Crippen LogP contribution in [0.4, 0.5) is 0 Å². The number of carbonyl (C=O) groups is 2. The van der Waals surface area contributed by atoms with Gasteiger partial charge in [0.25, 0.3) is 5.91 Å². The first-order valence-corrected chi connectivity index (χ1v) is 9.32. The van der Waals surface area contributed by atoms with E-state index in [-0.39, 0.29) is 11.9 Å². The maximum Gasteiger partial charge on any atom is 0.337 e. The van der Waals surface area contributed by atoms with E-state index in [4.69, 9.17) is 0 Å². The number of hydrogen-bond acceptors (Lipinski definition) is 4. The van der Waals surface area contributed by atoms with Crippen molar-refractivity contribution in [3.8, 4) is 0 Å². The van der Waals surface area contributed by atoms with Crippen molar-refractivity contribution in [2.24, 2.45) is 0 Å². The van der Waals surface area contributed by atoms with Crippen molar-refractivity contribution < 1.29 is 14.3 Å². The molecule has 142 valence electrons. The van der Waals surface area contributed by atoms with Crippen LogP contribution >= 0.6 is 0 Å². The summed E-state index contributed by atoms with van der Waals surface area (Å²) >= 11 is 0. The fraction of sp³-hybridized carbons (Fsp3) is 0.364. The number of carbonyl (C=O) groups excluding carboxylic acids is 2. The zero-order valence-electron chi connectivity index (χ0n) is 15.9. The van der Waals surface area contributed by atoms with Gasteiger partial charge in [-0.2, -0.15) is 0 Å². The molecular weight excluding hydrogens is 340 g/mol. The number of esters is 1. The van der Waals surface area contributed by atoms with Crippen LogP contribution in [0.3, 0.4) is 0 Å². The largest absolute Gasteiger partial charge is 0.465 e. The van der Waals surface area contributed by atoms with Gasteiger partial charge in [-0.15, -0.1) is 0 Å². The third-order valence-corrected chi connectivity index (χ3v) is 4.98.